The summed E-state index contributed by atoms with van der Waals surface area (Å²) >= 11 is 6.20. The number of carbonyl (C=O) groups excluding carboxylic acids is 2. The van der Waals surface area contributed by atoms with Crippen LogP contribution < -0.4 is 0 Å². The van der Waals surface area contributed by atoms with Crippen molar-refractivity contribution in [3.05, 3.63) is 41.0 Å². The summed E-state index contributed by atoms with van der Waals surface area (Å²) in [5, 5.41) is 1.46. The van der Waals surface area contributed by atoms with Crippen LogP contribution >= 0.6 is 11.6 Å². The van der Waals surface area contributed by atoms with Crippen LogP contribution in [0, 0.1) is 5.92 Å². The van der Waals surface area contributed by atoms with Crippen LogP contribution in [0.15, 0.2) is 30.3 Å². The standard InChI is InChI=1S/C19H20ClN3O2/c20-15-4-1-3-13-7-8-16(21-17(13)15)19(25)23-10-2-9-22(11-12-23)18(24)14-5-6-14/h1,3-4,7-8,14H,2,5-6,9-12H2. The third kappa shape index (κ3) is 3.33. The fourth-order valence-corrected chi connectivity index (χ4v) is 3.55. The van der Waals surface area contributed by atoms with Crippen LogP contribution in [0.4, 0.5) is 0 Å². The van der Waals surface area contributed by atoms with Crippen molar-refractivity contribution in [2.24, 2.45) is 5.92 Å². The summed E-state index contributed by atoms with van der Waals surface area (Å²) in [6, 6.07) is 9.20. The van der Waals surface area contributed by atoms with E-state index in [1.807, 2.05) is 23.1 Å². The molecule has 1 aliphatic heterocycles. The number of aromatic nitrogens is 1. The van der Waals surface area contributed by atoms with E-state index in [-0.39, 0.29) is 17.7 Å². The first-order valence-corrected chi connectivity index (χ1v) is 9.14. The second-order valence-corrected chi connectivity index (χ2v) is 7.16. The number of amides is 2. The minimum Gasteiger partial charge on any atom is -0.341 e. The van der Waals surface area contributed by atoms with Gasteiger partial charge in [-0.2, -0.15) is 0 Å². The van der Waals surface area contributed by atoms with E-state index in [2.05, 4.69) is 4.98 Å². The van der Waals surface area contributed by atoms with Gasteiger partial charge >= 0.3 is 0 Å². The Kier molecular flexibility index (Phi) is 4.34. The van der Waals surface area contributed by atoms with Gasteiger partial charge in [0, 0.05) is 37.5 Å². The molecule has 2 amide bonds. The number of hydrogen-bond acceptors (Lipinski definition) is 3. The zero-order valence-electron chi connectivity index (χ0n) is 13.9. The molecule has 1 aliphatic carbocycles. The van der Waals surface area contributed by atoms with Gasteiger partial charge < -0.3 is 9.80 Å². The lowest BCUT2D eigenvalue weighted by molar-refractivity contribution is -0.132. The Morgan fingerprint density at radius 1 is 1.00 bits per heavy atom. The summed E-state index contributed by atoms with van der Waals surface area (Å²) < 4.78 is 0. The Hall–Kier alpha value is -2.14. The maximum absolute atomic E-state index is 12.8. The number of pyridine rings is 1. The Bertz CT molecular complexity index is 835. The molecule has 1 aromatic carbocycles. The summed E-state index contributed by atoms with van der Waals surface area (Å²) in [7, 11) is 0. The molecule has 0 radical (unpaired) electrons. The second-order valence-electron chi connectivity index (χ2n) is 6.75. The van der Waals surface area contributed by atoms with Gasteiger partial charge in [0.15, 0.2) is 0 Å². The van der Waals surface area contributed by atoms with Crippen LogP contribution in [0.3, 0.4) is 0 Å². The van der Waals surface area contributed by atoms with Crippen LogP contribution in [0.25, 0.3) is 10.9 Å². The lowest BCUT2D eigenvalue weighted by Gasteiger charge is -2.22. The molecule has 2 aromatic rings. The van der Waals surface area contributed by atoms with Gasteiger partial charge in [-0.3, -0.25) is 9.59 Å². The van der Waals surface area contributed by atoms with E-state index in [1.54, 1.807) is 17.0 Å². The largest absolute Gasteiger partial charge is 0.341 e. The predicted octanol–water partition coefficient (Wildman–Crippen LogP) is 2.97. The quantitative estimate of drug-likeness (QED) is 0.830. The maximum Gasteiger partial charge on any atom is 0.272 e. The topological polar surface area (TPSA) is 53.5 Å². The molecule has 5 nitrogen and oxygen atoms in total. The van der Waals surface area contributed by atoms with E-state index in [1.165, 1.54) is 0 Å². The van der Waals surface area contributed by atoms with Crippen molar-refractivity contribution in [3.63, 3.8) is 0 Å². The summed E-state index contributed by atoms with van der Waals surface area (Å²) in [5.74, 6) is 0.388. The Morgan fingerprint density at radius 2 is 1.76 bits per heavy atom. The van der Waals surface area contributed by atoms with Crippen molar-refractivity contribution in [1.29, 1.82) is 0 Å². The fourth-order valence-electron chi connectivity index (χ4n) is 3.32. The molecule has 0 unspecified atom stereocenters. The fraction of sp³-hybridized carbons (Fsp3) is 0.421. The Labute approximate surface area is 151 Å². The molecule has 0 atom stereocenters. The van der Waals surface area contributed by atoms with Gasteiger partial charge in [0.1, 0.15) is 5.69 Å². The summed E-state index contributed by atoms with van der Waals surface area (Å²) in [4.78, 5) is 33.3. The number of rotatable bonds is 2. The minimum absolute atomic E-state index is 0.0949. The molecule has 130 valence electrons. The highest BCUT2D eigenvalue weighted by Gasteiger charge is 2.34. The van der Waals surface area contributed by atoms with Crippen LogP contribution in [0.2, 0.25) is 5.02 Å². The lowest BCUT2D eigenvalue weighted by atomic mass is 10.2. The Balaban J connectivity index is 1.50. The average Bonchev–Trinajstić information content (AvgIpc) is 3.47. The lowest BCUT2D eigenvalue weighted by Crippen LogP contribution is -2.38. The van der Waals surface area contributed by atoms with E-state index in [9.17, 15) is 9.59 Å². The molecule has 1 saturated heterocycles. The second kappa shape index (κ2) is 6.64. The van der Waals surface area contributed by atoms with Gasteiger partial charge in [0.05, 0.1) is 10.5 Å². The van der Waals surface area contributed by atoms with Gasteiger partial charge in [0.25, 0.3) is 5.91 Å². The number of para-hydroxylation sites is 1. The molecular formula is C19H20ClN3O2. The van der Waals surface area contributed by atoms with Crippen molar-refractivity contribution >= 4 is 34.3 Å². The summed E-state index contributed by atoms with van der Waals surface area (Å²) in [5.41, 5.74) is 1.05. The normalized spacial score (nSPS) is 18.3. The molecule has 0 spiro atoms. The van der Waals surface area contributed by atoms with Gasteiger partial charge in [-0.25, -0.2) is 4.98 Å². The minimum atomic E-state index is -0.0949. The van der Waals surface area contributed by atoms with E-state index in [0.29, 0.717) is 35.9 Å². The summed E-state index contributed by atoms with van der Waals surface area (Å²) in [6.07, 6.45) is 2.83. The molecule has 1 saturated carbocycles. The molecule has 0 N–H and O–H groups in total. The van der Waals surface area contributed by atoms with Crippen LogP contribution in [-0.2, 0) is 4.79 Å². The first-order valence-electron chi connectivity index (χ1n) is 8.77. The molecule has 2 aliphatic rings. The molecule has 1 aromatic heterocycles. The zero-order valence-corrected chi connectivity index (χ0v) is 14.7. The third-order valence-electron chi connectivity index (χ3n) is 4.91. The number of nitrogens with zero attached hydrogens (tertiary/aromatic N) is 3. The Morgan fingerprint density at radius 3 is 2.56 bits per heavy atom. The first-order chi connectivity index (χ1) is 12.1. The van der Waals surface area contributed by atoms with Crippen molar-refractivity contribution in [2.45, 2.75) is 19.3 Å². The van der Waals surface area contributed by atoms with Crippen LogP contribution in [0.5, 0.6) is 0 Å². The zero-order chi connectivity index (χ0) is 17.4. The van der Waals surface area contributed by atoms with E-state index in [0.717, 1.165) is 31.2 Å². The number of benzene rings is 1. The number of halogens is 1. The van der Waals surface area contributed by atoms with Crippen molar-refractivity contribution in [2.75, 3.05) is 26.2 Å². The molecule has 4 rings (SSSR count). The molecular weight excluding hydrogens is 338 g/mol. The highest BCUT2D eigenvalue weighted by Crippen LogP contribution is 2.31. The van der Waals surface area contributed by atoms with E-state index in [4.69, 9.17) is 11.6 Å². The predicted molar refractivity (Wildman–Crippen MR) is 96.6 cm³/mol. The highest BCUT2D eigenvalue weighted by molar-refractivity contribution is 6.35. The van der Waals surface area contributed by atoms with Gasteiger partial charge in [-0.15, -0.1) is 0 Å². The molecule has 2 fully saturated rings. The van der Waals surface area contributed by atoms with Gasteiger partial charge in [-0.05, 0) is 31.4 Å². The van der Waals surface area contributed by atoms with Crippen molar-refractivity contribution < 1.29 is 9.59 Å². The highest BCUT2D eigenvalue weighted by atomic mass is 35.5. The molecule has 2 heterocycles. The van der Waals surface area contributed by atoms with Crippen LogP contribution in [0.1, 0.15) is 29.8 Å². The molecule has 0 bridgehead atoms. The van der Waals surface area contributed by atoms with Gasteiger partial charge in [0.2, 0.25) is 5.91 Å². The average molecular weight is 358 g/mol. The van der Waals surface area contributed by atoms with Crippen molar-refractivity contribution in [3.8, 4) is 0 Å². The van der Waals surface area contributed by atoms with Crippen molar-refractivity contribution in [1.82, 2.24) is 14.8 Å². The van der Waals surface area contributed by atoms with E-state index >= 15 is 0 Å². The SMILES string of the molecule is O=C(c1ccc2cccc(Cl)c2n1)N1CCCN(C(=O)C2CC2)CC1. The monoisotopic (exact) mass is 357 g/mol. The number of fused-ring (bicyclic) bond motifs is 1. The number of hydrogen-bond donors (Lipinski definition) is 0. The first kappa shape index (κ1) is 16.3. The van der Waals surface area contributed by atoms with Gasteiger partial charge in [-0.1, -0.05) is 29.8 Å². The van der Waals surface area contributed by atoms with Crippen LogP contribution in [-0.4, -0.2) is 52.8 Å². The maximum atomic E-state index is 12.8. The smallest absolute Gasteiger partial charge is 0.272 e. The molecule has 6 heteroatoms. The third-order valence-corrected chi connectivity index (χ3v) is 5.22. The molecule has 25 heavy (non-hydrogen) atoms. The van der Waals surface area contributed by atoms with E-state index < -0.39 is 0 Å². The number of carbonyl (C=O) groups is 2. The summed E-state index contributed by atoms with van der Waals surface area (Å²) in [6.45, 7) is 2.54.